The molecule has 0 radical (unpaired) electrons. The van der Waals surface area contributed by atoms with Crippen molar-refractivity contribution in [2.24, 2.45) is 11.8 Å². The van der Waals surface area contributed by atoms with E-state index in [1.807, 2.05) is 31.2 Å². The molecule has 38 heavy (non-hydrogen) atoms. The number of carbonyl (C=O) groups is 1. The number of carbonyl (C=O) groups excluding carboxylic acids is 1. The minimum atomic E-state index is -0.723. The zero-order chi connectivity index (χ0) is 27.6. The summed E-state index contributed by atoms with van der Waals surface area (Å²) in [6.07, 6.45) is 0.550. The summed E-state index contributed by atoms with van der Waals surface area (Å²) in [6.45, 7) is 14.7. The summed E-state index contributed by atoms with van der Waals surface area (Å²) in [7, 11) is 0. The maximum atomic E-state index is 14.1. The number of rotatable bonds is 10. The van der Waals surface area contributed by atoms with E-state index >= 15 is 0 Å². The normalized spacial score (nSPS) is 11.9. The minimum Gasteiger partial charge on any atom is -0.507 e. The van der Waals surface area contributed by atoms with Crippen molar-refractivity contribution in [1.29, 1.82) is 0 Å². The van der Waals surface area contributed by atoms with E-state index < -0.39 is 5.97 Å². The highest BCUT2D eigenvalue weighted by Crippen LogP contribution is 2.36. The number of fused-ring (bicyclic) bond motifs is 2. The molecule has 202 valence electrons. The Bertz CT molecular complexity index is 1480. The molecular formula is C30H37N2O5S+. The zero-order valence-electron chi connectivity index (χ0n) is 23.0. The highest BCUT2D eigenvalue weighted by atomic mass is 32.1. The largest absolute Gasteiger partial charge is 0.507 e. The van der Waals surface area contributed by atoms with E-state index in [0.717, 1.165) is 23.3 Å². The number of thiazole rings is 1. The molecule has 0 atom stereocenters. The molecule has 2 aromatic carbocycles. The molecule has 8 heteroatoms. The number of phenols is 1. The van der Waals surface area contributed by atoms with Gasteiger partial charge >= 0.3 is 5.97 Å². The van der Waals surface area contributed by atoms with E-state index in [1.165, 1.54) is 16.2 Å². The van der Waals surface area contributed by atoms with Crippen LogP contribution in [-0.2, 0) is 17.7 Å². The second-order valence-electron chi connectivity index (χ2n) is 10.6. The highest BCUT2D eigenvalue weighted by molar-refractivity contribution is 7.21. The second-order valence-corrected chi connectivity index (χ2v) is 11.6. The van der Waals surface area contributed by atoms with Crippen LogP contribution in [0.15, 0.2) is 39.5 Å². The van der Waals surface area contributed by atoms with Gasteiger partial charge in [0.05, 0.1) is 40.9 Å². The Morgan fingerprint density at radius 1 is 1.13 bits per heavy atom. The fraction of sp³-hybridized carbons (Fsp3) is 0.433. The molecule has 0 amide bonds. The Morgan fingerprint density at radius 3 is 2.42 bits per heavy atom. The number of aromatic hydroxyl groups is 1. The van der Waals surface area contributed by atoms with Crippen molar-refractivity contribution >= 4 is 38.5 Å². The lowest BCUT2D eigenvalue weighted by Crippen LogP contribution is -3.11. The third-order valence-electron chi connectivity index (χ3n) is 6.50. The van der Waals surface area contributed by atoms with Crippen LogP contribution in [0.25, 0.3) is 31.8 Å². The van der Waals surface area contributed by atoms with Gasteiger partial charge in [0.15, 0.2) is 5.58 Å². The Morgan fingerprint density at radius 2 is 1.82 bits per heavy atom. The fourth-order valence-electron chi connectivity index (χ4n) is 5.03. The van der Waals surface area contributed by atoms with Gasteiger partial charge in [-0.2, -0.15) is 0 Å². The van der Waals surface area contributed by atoms with Crippen molar-refractivity contribution < 1.29 is 24.0 Å². The molecule has 7 nitrogen and oxygen atoms in total. The van der Waals surface area contributed by atoms with Gasteiger partial charge in [0, 0.05) is 11.8 Å². The van der Waals surface area contributed by atoms with E-state index in [2.05, 4.69) is 32.7 Å². The van der Waals surface area contributed by atoms with Crippen LogP contribution in [0, 0.1) is 11.8 Å². The Hall–Kier alpha value is -3.23. The lowest BCUT2D eigenvalue weighted by Gasteiger charge is -2.24. The van der Waals surface area contributed by atoms with Crippen LogP contribution in [0.4, 0.5) is 0 Å². The number of aromatic nitrogens is 1. The summed E-state index contributed by atoms with van der Waals surface area (Å²) < 4.78 is 12.5. The van der Waals surface area contributed by atoms with E-state index in [9.17, 15) is 14.7 Å². The molecule has 0 spiro atoms. The highest BCUT2D eigenvalue weighted by Gasteiger charge is 2.29. The molecule has 0 fully saturated rings. The third-order valence-corrected chi connectivity index (χ3v) is 7.55. The summed E-state index contributed by atoms with van der Waals surface area (Å²) in [5, 5.41) is 12.1. The SMILES string of the molecule is CCOC(=O)c1oc2c(C[NH+](CC(C)C)CC(C)C)c(O)c(CC)cc2c(=O)c1-c1nc2ccccc2s1. The van der Waals surface area contributed by atoms with Crippen molar-refractivity contribution in [3.8, 4) is 16.3 Å². The molecule has 2 heterocycles. The van der Waals surface area contributed by atoms with Gasteiger partial charge in [-0.05, 0) is 37.1 Å². The smallest absolute Gasteiger partial charge is 0.375 e. The van der Waals surface area contributed by atoms with E-state index in [4.69, 9.17) is 9.15 Å². The number of ether oxygens (including phenoxy) is 1. The lowest BCUT2D eigenvalue weighted by molar-refractivity contribution is -0.919. The van der Waals surface area contributed by atoms with Crippen LogP contribution in [-0.4, -0.2) is 35.8 Å². The predicted molar refractivity (Wildman–Crippen MR) is 152 cm³/mol. The fourth-order valence-corrected chi connectivity index (χ4v) is 6.03. The molecule has 4 aromatic rings. The molecule has 0 bridgehead atoms. The molecule has 2 N–H and O–H groups in total. The van der Waals surface area contributed by atoms with Crippen molar-refractivity contribution in [2.45, 2.75) is 54.5 Å². The van der Waals surface area contributed by atoms with Gasteiger partial charge in [-0.25, -0.2) is 9.78 Å². The van der Waals surface area contributed by atoms with Crippen molar-refractivity contribution in [2.75, 3.05) is 19.7 Å². The topological polar surface area (TPSA) is 94.1 Å². The van der Waals surface area contributed by atoms with Gasteiger partial charge < -0.3 is 19.2 Å². The molecule has 0 unspecified atom stereocenters. The molecule has 0 aliphatic rings. The molecular weight excluding hydrogens is 500 g/mol. The predicted octanol–water partition coefficient (Wildman–Crippen LogP) is 5.21. The van der Waals surface area contributed by atoms with E-state index in [1.54, 1.807) is 13.0 Å². The number of esters is 1. The molecule has 0 aliphatic carbocycles. The summed E-state index contributed by atoms with van der Waals surface area (Å²) in [5.41, 5.74) is 1.95. The van der Waals surface area contributed by atoms with Gasteiger partial charge in [-0.15, -0.1) is 11.3 Å². The monoisotopic (exact) mass is 537 g/mol. The number of para-hydroxylation sites is 1. The van der Waals surface area contributed by atoms with Crippen LogP contribution >= 0.6 is 11.3 Å². The Kier molecular flexibility index (Phi) is 8.53. The molecule has 2 aromatic heterocycles. The Balaban J connectivity index is 2.02. The van der Waals surface area contributed by atoms with Gasteiger partial charge in [-0.1, -0.05) is 46.8 Å². The standard InChI is InChI=1S/C30H36N2O5S/c1-7-19-13-20-26(34)24(29-31-22-11-9-10-12-23(22)38-29)28(30(35)36-8-2)37-27(20)21(25(19)33)16-32(14-17(3)4)15-18(5)6/h9-13,17-18,33H,7-8,14-16H2,1-6H3/p+1. The molecule has 0 aliphatic heterocycles. The van der Waals surface area contributed by atoms with Crippen LogP contribution in [0.1, 0.15) is 63.2 Å². The number of quaternary nitrogens is 1. The van der Waals surface area contributed by atoms with Crippen LogP contribution < -0.4 is 10.3 Å². The van der Waals surface area contributed by atoms with Gasteiger partial charge in [-0.3, -0.25) is 4.79 Å². The number of hydrogen-bond donors (Lipinski definition) is 2. The first-order valence-electron chi connectivity index (χ1n) is 13.4. The van der Waals surface area contributed by atoms with Crippen LogP contribution in [0.2, 0.25) is 0 Å². The van der Waals surface area contributed by atoms with E-state index in [0.29, 0.717) is 46.3 Å². The number of nitrogens with one attached hydrogen (secondary N) is 1. The third kappa shape index (κ3) is 5.61. The number of nitrogens with zero attached hydrogens (tertiary/aromatic N) is 1. The summed E-state index contributed by atoms with van der Waals surface area (Å²) >= 11 is 1.33. The maximum absolute atomic E-state index is 14.1. The van der Waals surface area contributed by atoms with Gasteiger partial charge in [0.2, 0.25) is 11.2 Å². The second kappa shape index (κ2) is 11.7. The first-order chi connectivity index (χ1) is 18.1. The van der Waals surface area contributed by atoms with Gasteiger partial charge in [0.25, 0.3) is 0 Å². The number of hydrogen-bond acceptors (Lipinski definition) is 7. The Labute approximate surface area is 227 Å². The van der Waals surface area contributed by atoms with E-state index in [-0.39, 0.29) is 34.7 Å². The molecule has 0 saturated heterocycles. The first kappa shape index (κ1) is 27.8. The number of benzene rings is 2. The lowest BCUT2D eigenvalue weighted by atomic mass is 9.99. The quantitative estimate of drug-likeness (QED) is 0.270. The first-order valence-corrected chi connectivity index (χ1v) is 14.2. The number of phenolic OH excluding ortho intramolecular Hbond substituents is 1. The molecule has 4 rings (SSSR count). The average Bonchev–Trinajstić information content (AvgIpc) is 3.28. The molecule has 0 saturated carbocycles. The average molecular weight is 538 g/mol. The summed E-state index contributed by atoms with van der Waals surface area (Å²) in [5.74, 6) is 0.108. The summed E-state index contributed by atoms with van der Waals surface area (Å²) in [4.78, 5) is 33.2. The minimum absolute atomic E-state index is 0.101. The van der Waals surface area contributed by atoms with Crippen molar-refractivity contribution in [1.82, 2.24) is 4.98 Å². The van der Waals surface area contributed by atoms with Crippen LogP contribution in [0.5, 0.6) is 5.75 Å². The summed E-state index contributed by atoms with van der Waals surface area (Å²) in [6, 6.07) is 9.27. The van der Waals surface area contributed by atoms with Crippen LogP contribution in [0.3, 0.4) is 0 Å². The van der Waals surface area contributed by atoms with Crippen molar-refractivity contribution in [3.05, 3.63) is 57.4 Å². The zero-order valence-corrected chi connectivity index (χ0v) is 23.8. The van der Waals surface area contributed by atoms with Crippen molar-refractivity contribution in [3.63, 3.8) is 0 Å². The van der Waals surface area contributed by atoms with Gasteiger partial charge in [0.1, 0.15) is 22.9 Å². The maximum Gasteiger partial charge on any atom is 0.375 e. The number of aryl methyl sites for hydroxylation is 1.